The summed E-state index contributed by atoms with van der Waals surface area (Å²) < 4.78 is 43.6. The summed E-state index contributed by atoms with van der Waals surface area (Å²) in [5.74, 6) is 0. The molecular weight excluding hydrogens is 438 g/mol. The zero-order valence-electron chi connectivity index (χ0n) is 16.7. The fourth-order valence-electron chi connectivity index (χ4n) is 3.93. The molecule has 0 fully saturated rings. The van der Waals surface area contributed by atoms with Crippen molar-refractivity contribution >= 4 is 24.6 Å². The van der Waals surface area contributed by atoms with Gasteiger partial charge in [0.15, 0.2) is 0 Å². The van der Waals surface area contributed by atoms with Gasteiger partial charge < -0.3 is 0 Å². The van der Waals surface area contributed by atoms with E-state index in [1.54, 1.807) is 12.1 Å². The average Bonchev–Trinajstić information content (AvgIpc) is 3.35. The summed E-state index contributed by atoms with van der Waals surface area (Å²) >= 11 is -1.71. The number of imidazole rings is 1. The number of alkyl halides is 3. The Bertz CT molecular complexity index is 924. The molecule has 3 nitrogen and oxygen atoms in total. The Balaban J connectivity index is 1.81. The normalized spacial score (nSPS) is 17.8. The predicted octanol–water partition coefficient (Wildman–Crippen LogP) is 5.54. The number of nitriles is 1. The van der Waals surface area contributed by atoms with Crippen LogP contribution in [0.25, 0.3) is 5.57 Å². The number of halogens is 3. The molecule has 0 amide bonds. The molecule has 29 heavy (non-hydrogen) atoms. The molecule has 0 aliphatic heterocycles. The topological polar surface area (TPSA) is 41.6 Å². The van der Waals surface area contributed by atoms with Gasteiger partial charge in [0.25, 0.3) is 0 Å². The summed E-state index contributed by atoms with van der Waals surface area (Å²) in [6.07, 6.45) is 5.52. The molecule has 2 unspecified atom stereocenters. The van der Waals surface area contributed by atoms with Crippen LogP contribution in [0.5, 0.6) is 0 Å². The van der Waals surface area contributed by atoms with E-state index >= 15 is 0 Å². The molecule has 1 aromatic carbocycles. The number of nitrogens with zero attached hydrogens (tertiary/aromatic N) is 3. The molecule has 0 N–H and O–H groups in total. The molecule has 7 heteroatoms. The minimum atomic E-state index is -4.50. The number of rotatable bonds is 7. The number of hydrogen-bond donors (Lipinski definition) is 0. The first-order valence-electron chi connectivity index (χ1n) is 9.96. The van der Waals surface area contributed by atoms with Crippen LogP contribution in [-0.2, 0) is 12.7 Å². The number of allylic oxidation sites excluding steroid dienone is 2. The summed E-state index contributed by atoms with van der Waals surface area (Å²) in [6.45, 7) is 5.18. The van der Waals surface area contributed by atoms with E-state index in [1.165, 1.54) is 17.7 Å². The average molecular weight is 463 g/mol. The molecule has 154 valence electrons. The molecular formula is C22H25AsF3N3. The zero-order chi connectivity index (χ0) is 21.0. The molecule has 2 atom stereocenters. The van der Waals surface area contributed by atoms with Crippen LogP contribution in [0.3, 0.4) is 0 Å². The van der Waals surface area contributed by atoms with Crippen molar-refractivity contribution in [2.45, 2.75) is 62.2 Å². The number of benzene rings is 1. The first-order valence-corrected chi connectivity index (χ1v) is 13.3. The van der Waals surface area contributed by atoms with Gasteiger partial charge in [-0.25, -0.2) is 0 Å². The Labute approximate surface area is 174 Å². The minimum absolute atomic E-state index is 0.295. The Morgan fingerprint density at radius 2 is 2.10 bits per heavy atom. The first-order chi connectivity index (χ1) is 13.9. The number of hydrogen-bond acceptors (Lipinski definition) is 2. The Morgan fingerprint density at radius 3 is 2.76 bits per heavy atom. The van der Waals surface area contributed by atoms with E-state index in [0.29, 0.717) is 4.71 Å². The van der Waals surface area contributed by atoms with Gasteiger partial charge in [-0.2, -0.15) is 0 Å². The van der Waals surface area contributed by atoms with Crippen molar-refractivity contribution in [2.75, 3.05) is 0 Å². The van der Waals surface area contributed by atoms with Gasteiger partial charge in [0, 0.05) is 0 Å². The Morgan fingerprint density at radius 1 is 1.31 bits per heavy atom. The summed E-state index contributed by atoms with van der Waals surface area (Å²) in [7, 11) is 0. The van der Waals surface area contributed by atoms with Gasteiger partial charge in [0.2, 0.25) is 0 Å². The number of unbranched alkanes of at least 4 members (excludes halogenated alkanes) is 1. The van der Waals surface area contributed by atoms with E-state index in [1.807, 2.05) is 12.5 Å². The molecule has 1 aliphatic rings. The van der Waals surface area contributed by atoms with Crippen LogP contribution in [0.4, 0.5) is 13.2 Å². The van der Waals surface area contributed by atoms with Gasteiger partial charge in [-0.1, -0.05) is 0 Å². The van der Waals surface area contributed by atoms with Crippen molar-refractivity contribution in [1.29, 1.82) is 5.26 Å². The fourth-order valence-corrected chi connectivity index (χ4v) is 9.48. The summed E-state index contributed by atoms with van der Waals surface area (Å²) in [6, 6.07) is 6.02. The van der Waals surface area contributed by atoms with E-state index in [2.05, 4.69) is 29.5 Å². The van der Waals surface area contributed by atoms with Crippen LogP contribution >= 0.6 is 0 Å². The molecule has 0 saturated carbocycles. The quantitative estimate of drug-likeness (QED) is 0.506. The van der Waals surface area contributed by atoms with Crippen molar-refractivity contribution < 1.29 is 13.2 Å². The van der Waals surface area contributed by atoms with Gasteiger partial charge in [-0.15, -0.1) is 0 Å². The van der Waals surface area contributed by atoms with Crippen LogP contribution in [0, 0.1) is 11.3 Å². The third-order valence-corrected chi connectivity index (χ3v) is 11.5. The van der Waals surface area contributed by atoms with Crippen molar-refractivity contribution in [3.8, 4) is 6.07 Å². The first kappa shape index (κ1) is 21.7. The van der Waals surface area contributed by atoms with Crippen molar-refractivity contribution in [1.82, 2.24) is 9.55 Å². The summed E-state index contributed by atoms with van der Waals surface area (Å²) in [4.78, 5) is 4.30. The second kappa shape index (κ2) is 9.22. The van der Waals surface area contributed by atoms with Crippen LogP contribution in [0.15, 0.2) is 36.8 Å². The van der Waals surface area contributed by atoms with Gasteiger partial charge in [0.05, 0.1) is 0 Å². The Kier molecular flexibility index (Phi) is 6.90. The third kappa shape index (κ3) is 4.78. The molecule has 1 heterocycles. The molecule has 1 aromatic heterocycles. The second-order valence-corrected chi connectivity index (χ2v) is 13.2. The molecule has 0 radical (unpaired) electrons. The van der Waals surface area contributed by atoms with E-state index in [0.717, 1.165) is 47.5 Å². The molecule has 0 spiro atoms. The maximum atomic E-state index is 13.4. The van der Waals surface area contributed by atoms with Crippen molar-refractivity contribution in [2.24, 2.45) is 0 Å². The molecule has 3 rings (SSSR count). The summed E-state index contributed by atoms with van der Waals surface area (Å²) in [5, 5.41) is 9.95. The van der Waals surface area contributed by atoms with E-state index < -0.39 is 26.4 Å². The van der Waals surface area contributed by atoms with E-state index in [4.69, 9.17) is 5.26 Å². The zero-order valence-corrected chi connectivity index (χ0v) is 18.6. The number of aryl methyl sites for hydroxylation is 1. The monoisotopic (exact) mass is 463 g/mol. The molecule has 2 aromatic rings. The maximum absolute atomic E-state index is 13.4. The van der Waals surface area contributed by atoms with Crippen molar-refractivity contribution in [3.63, 3.8) is 0 Å². The van der Waals surface area contributed by atoms with E-state index in [9.17, 15) is 13.2 Å². The van der Waals surface area contributed by atoms with Crippen LogP contribution in [0.1, 0.15) is 56.4 Å². The predicted molar refractivity (Wildman–Crippen MR) is 110 cm³/mol. The Hall–Kier alpha value is -1.99. The molecule has 0 bridgehead atoms. The van der Waals surface area contributed by atoms with Crippen molar-refractivity contribution in [3.05, 3.63) is 53.6 Å². The van der Waals surface area contributed by atoms with Crippen LogP contribution in [0.2, 0.25) is 9.91 Å². The van der Waals surface area contributed by atoms with E-state index in [-0.39, 0.29) is 5.56 Å². The molecule has 1 aliphatic carbocycles. The van der Waals surface area contributed by atoms with Gasteiger partial charge >= 0.3 is 174 Å². The van der Waals surface area contributed by atoms with Crippen LogP contribution < -0.4 is 4.35 Å². The summed E-state index contributed by atoms with van der Waals surface area (Å²) in [5.41, 5.74) is 1.31. The SMILES string of the molecule is CCCCn1cncc1C1=CCC([As](CC)c2ccc(C#N)c(C(F)(F)F)c2)C1. The standard InChI is InChI=1S/C22H25AsF3N3/c1-3-5-10-29-15-28-14-21(29)16-6-8-18(11-16)23(4-2)19-9-7-17(13-27)20(12-19)22(24,25)26/h6-7,9,12,14-15,18H,3-5,8,10-11H2,1-2H3. The van der Waals surface area contributed by atoms with Gasteiger partial charge in [0.1, 0.15) is 0 Å². The van der Waals surface area contributed by atoms with Gasteiger partial charge in [-0.05, 0) is 0 Å². The van der Waals surface area contributed by atoms with Crippen LogP contribution in [-0.4, -0.2) is 24.2 Å². The van der Waals surface area contributed by atoms with Gasteiger partial charge in [-0.3, -0.25) is 0 Å². The number of aromatic nitrogens is 2. The molecule has 0 saturated heterocycles. The third-order valence-electron chi connectivity index (χ3n) is 5.43. The second-order valence-electron chi connectivity index (χ2n) is 7.27. The fraction of sp³-hybridized carbons (Fsp3) is 0.455.